The molecule has 0 N–H and O–H groups in total. The highest BCUT2D eigenvalue weighted by Gasteiger charge is 2.49. The van der Waals surface area contributed by atoms with Crippen LogP contribution in [-0.2, 0) is 17.6 Å². The van der Waals surface area contributed by atoms with Gasteiger partial charge in [-0.25, -0.2) is 4.79 Å². The van der Waals surface area contributed by atoms with E-state index in [1.54, 1.807) is 4.90 Å². The average molecular weight is 298 g/mol. The molecule has 1 aromatic carbocycles. The monoisotopic (exact) mass is 298 g/mol. The topological polar surface area (TPSA) is 53.3 Å². The fourth-order valence-electron chi connectivity index (χ4n) is 3.71. The first-order valence-electron chi connectivity index (χ1n) is 7.78. The molecule has 116 valence electrons. The highest BCUT2D eigenvalue weighted by atomic mass is 16.6. The van der Waals surface area contributed by atoms with Gasteiger partial charge in [0.25, 0.3) is 0 Å². The van der Waals surface area contributed by atoms with Crippen molar-refractivity contribution in [1.29, 1.82) is 5.26 Å². The van der Waals surface area contributed by atoms with Gasteiger partial charge in [-0.05, 0) is 56.6 Å². The molecule has 0 bridgehead atoms. The summed E-state index contributed by atoms with van der Waals surface area (Å²) in [6, 6.07) is 10.3. The molecule has 1 amide bonds. The Morgan fingerprint density at radius 1 is 1.32 bits per heavy atom. The summed E-state index contributed by atoms with van der Waals surface area (Å²) in [4.78, 5) is 14.0. The Hall–Kier alpha value is -2.02. The third-order valence-electron chi connectivity index (χ3n) is 4.53. The second-order valence-corrected chi connectivity index (χ2v) is 7.58. The highest BCUT2D eigenvalue weighted by Crippen LogP contribution is 2.46. The minimum Gasteiger partial charge on any atom is -0.444 e. The smallest absolute Gasteiger partial charge is 0.411 e. The van der Waals surface area contributed by atoms with E-state index >= 15 is 0 Å². The third kappa shape index (κ3) is 2.68. The van der Waals surface area contributed by atoms with Gasteiger partial charge in [0.1, 0.15) is 11.6 Å². The molecular weight excluding hydrogens is 276 g/mol. The Labute approximate surface area is 131 Å². The minimum atomic E-state index is -0.536. The summed E-state index contributed by atoms with van der Waals surface area (Å²) in [5, 5.41) is 9.44. The number of benzene rings is 1. The fourth-order valence-corrected chi connectivity index (χ4v) is 3.71. The van der Waals surface area contributed by atoms with Crippen molar-refractivity contribution in [3.8, 4) is 6.07 Å². The molecule has 1 aliphatic heterocycles. The molecule has 4 nitrogen and oxygen atoms in total. The van der Waals surface area contributed by atoms with E-state index in [0.29, 0.717) is 6.54 Å². The van der Waals surface area contributed by atoms with E-state index < -0.39 is 5.60 Å². The van der Waals surface area contributed by atoms with Crippen molar-refractivity contribution in [1.82, 2.24) is 4.90 Å². The standard InChI is InChI=1S/C18H22N2O2/c1-17(2,3)22-16(21)20-12-18(10-15(20)11-19)8-13-6-4-5-7-14(13)9-18/h4-7,15H,8-10,12H2,1-3H3. The Morgan fingerprint density at radius 2 is 1.91 bits per heavy atom. The molecule has 1 fully saturated rings. The number of fused-ring (bicyclic) bond motifs is 1. The zero-order valence-corrected chi connectivity index (χ0v) is 13.4. The van der Waals surface area contributed by atoms with E-state index in [1.165, 1.54) is 11.1 Å². The van der Waals surface area contributed by atoms with Gasteiger partial charge in [-0.3, -0.25) is 4.90 Å². The first kappa shape index (κ1) is 14.9. The number of hydrogen-bond donors (Lipinski definition) is 0. The lowest BCUT2D eigenvalue weighted by molar-refractivity contribution is 0.0242. The van der Waals surface area contributed by atoms with E-state index in [9.17, 15) is 10.1 Å². The number of carbonyl (C=O) groups excluding carboxylic acids is 1. The van der Waals surface area contributed by atoms with Crippen LogP contribution in [0, 0.1) is 16.7 Å². The van der Waals surface area contributed by atoms with E-state index in [4.69, 9.17) is 4.74 Å². The third-order valence-corrected chi connectivity index (χ3v) is 4.53. The molecule has 3 rings (SSSR count). The predicted octanol–water partition coefficient (Wildman–Crippen LogP) is 3.30. The number of amides is 1. The van der Waals surface area contributed by atoms with Crippen LogP contribution in [0.3, 0.4) is 0 Å². The lowest BCUT2D eigenvalue weighted by Gasteiger charge is -2.27. The second kappa shape index (κ2) is 5.01. The Bertz CT molecular complexity index is 614. The summed E-state index contributed by atoms with van der Waals surface area (Å²) >= 11 is 0. The normalized spacial score (nSPS) is 22.5. The van der Waals surface area contributed by atoms with Crippen LogP contribution < -0.4 is 0 Å². The van der Waals surface area contributed by atoms with Gasteiger partial charge in [-0.1, -0.05) is 24.3 Å². The first-order chi connectivity index (χ1) is 10.3. The Balaban J connectivity index is 1.79. The summed E-state index contributed by atoms with van der Waals surface area (Å²) in [7, 11) is 0. The number of ether oxygens (including phenoxy) is 1. The summed E-state index contributed by atoms with van der Waals surface area (Å²) in [5.74, 6) is 0. The molecule has 1 saturated heterocycles. The second-order valence-electron chi connectivity index (χ2n) is 7.58. The fraction of sp³-hybridized carbons (Fsp3) is 0.556. The van der Waals surface area contributed by atoms with Crippen LogP contribution >= 0.6 is 0 Å². The molecule has 1 atom stereocenters. The maximum atomic E-state index is 12.4. The van der Waals surface area contributed by atoms with Gasteiger partial charge in [0.2, 0.25) is 0 Å². The van der Waals surface area contributed by atoms with Crippen LogP contribution in [0.25, 0.3) is 0 Å². The molecule has 22 heavy (non-hydrogen) atoms. The van der Waals surface area contributed by atoms with Gasteiger partial charge in [0.05, 0.1) is 6.07 Å². The van der Waals surface area contributed by atoms with Crippen LogP contribution in [-0.4, -0.2) is 29.2 Å². The average Bonchev–Trinajstić information content (AvgIpc) is 2.96. The maximum absolute atomic E-state index is 12.4. The molecule has 0 saturated carbocycles. The lowest BCUT2D eigenvalue weighted by atomic mass is 9.82. The summed E-state index contributed by atoms with van der Waals surface area (Å²) in [6.07, 6.45) is 2.26. The predicted molar refractivity (Wildman–Crippen MR) is 83.2 cm³/mol. The number of rotatable bonds is 0. The van der Waals surface area contributed by atoms with Crippen LogP contribution in [0.2, 0.25) is 0 Å². The van der Waals surface area contributed by atoms with Crippen molar-refractivity contribution in [3.63, 3.8) is 0 Å². The zero-order chi connectivity index (χ0) is 16.0. The van der Waals surface area contributed by atoms with Crippen molar-refractivity contribution in [2.75, 3.05) is 6.54 Å². The van der Waals surface area contributed by atoms with E-state index in [-0.39, 0.29) is 17.6 Å². The first-order valence-corrected chi connectivity index (χ1v) is 7.78. The Kier molecular flexibility index (Phi) is 3.40. The molecule has 0 radical (unpaired) electrons. The quantitative estimate of drug-likeness (QED) is 0.738. The van der Waals surface area contributed by atoms with Crippen LogP contribution in [0.1, 0.15) is 38.3 Å². The molecule has 4 heteroatoms. The number of carbonyl (C=O) groups is 1. The van der Waals surface area contributed by atoms with Gasteiger partial charge in [-0.15, -0.1) is 0 Å². The van der Waals surface area contributed by atoms with Gasteiger partial charge in [-0.2, -0.15) is 5.26 Å². The van der Waals surface area contributed by atoms with E-state index in [1.807, 2.05) is 20.8 Å². The SMILES string of the molecule is CC(C)(C)OC(=O)N1CC2(Cc3ccccc3C2)CC1C#N. The van der Waals surface area contributed by atoms with Crippen molar-refractivity contribution < 1.29 is 9.53 Å². The molecule has 1 heterocycles. The number of nitrogens with zero attached hydrogens (tertiary/aromatic N) is 2. The Morgan fingerprint density at radius 3 is 2.41 bits per heavy atom. The molecule has 1 aromatic rings. The summed E-state index contributed by atoms with van der Waals surface area (Å²) in [6.45, 7) is 6.16. The highest BCUT2D eigenvalue weighted by molar-refractivity contribution is 5.70. The van der Waals surface area contributed by atoms with E-state index in [0.717, 1.165) is 19.3 Å². The largest absolute Gasteiger partial charge is 0.444 e. The molecule has 0 aromatic heterocycles. The van der Waals surface area contributed by atoms with Gasteiger partial charge in [0, 0.05) is 6.54 Å². The van der Waals surface area contributed by atoms with Crippen molar-refractivity contribution in [2.24, 2.45) is 5.41 Å². The number of hydrogen-bond acceptors (Lipinski definition) is 3. The maximum Gasteiger partial charge on any atom is 0.411 e. The molecular formula is C18H22N2O2. The number of likely N-dealkylation sites (tertiary alicyclic amines) is 1. The van der Waals surface area contributed by atoms with Crippen LogP contribution in [0.4, 0.5) is 4.79 Å². The van der Waals surface area contributed by atoms with Crippen LogP contribution in [0.5, 0.6) is 0 Å². The molecule has 1 aliphatic carbocycles. The van der Waals surface area contributed by atoms with Crippen LogP contribution in [0.15, 0.2) is 24.3 Å². The molecule has 1 unspecified atom stereocenters. The number of nitriles is 1. The minimum absolute atomic E-state index is 0.000980. The zero-order valence-electron chi connectivity index (χ0n) is 13.4. The van der Waals surface area contributed by atoms with Crippen molar-refractivity contribution >= 4 is 6.09 Å². The molecule has 1 spiro atoms. The lowest BCUT2D eigenvalue weighted by Crippen LogP contribution is -2.40. The summed E-state index contributed by atoms with van der Waals surface area (Å²) in [5.41, 5.74) is 2.17. The van der Waals surface area contributed by atoms with Crippen molar-refractivity contribution in [2.45, 2.75) is 51.7 Å². The van der Waals surface area contributed by atoms with Gasteiger partial charge in [0.15, 0.2) is 0 Å². The van der Waals surface area contributed by atoms with Gasteiger partial charge >= 0.3 is 6.09 Å². The summed E-state index contributed by atoms with van der Waals surface area (Å²) < 4.78 is 5.47. The molecule has 2 aliphatic rings. The van der Waals surface area contributed by atoms with Gasteiger partial charge < -0.3 is 4.74 Å². The van der Waals surface area contributed by atoms with E-state index in [2.05, 4.69) is 30.3 Å². The van der Waals surface area contributed by atoms with Crippen molar-refractivity contribution in [3.05, 3.63) is 35.4 Å².